The minimum Gasteiger partial charge on any atom is -0.604 e. The van der Waals surface area contributed by atoms with Crippen molar-refractivity contribution in [2.45, 2.75) is 30.8 Å². The number of nitrogens with zero attached hydrogens (tertiary/aromatic N) is 1. The molecule has 120 valence electrons. The predicted molar refractivity (Wildman–Crippen MR) is 92.3 cm³/mol. The van der Waals surface area contributed by atoms with Gasteiger partial charge in [0.2, 0.25) is 0 Å². The van der Waals surface area contributed by atoms with Gasteiger partial charge < -0.3 is 15.0 Å². The number of H-pyrrole nitrogens is 1. The molecule has 0 aliphatic rings. The van der Waals surface area contributed by atoms with Crippen LogP contribution >= 0.6 is 0 Å². The van der Waals surface area contributed by atoms with Crippen LogP contribution in [0.3, 0.4) is 0 Å². The molecule has 0 fully saturated rings. The van der Waals surface area contributed by atoms with Crippen molar-refractivity contribution in [1.82, 2.24) is 9.97 Å². The molecule has 3 aromatic rings. The lowest BCUT2D eigenvalue weighted by Gasteiger charge is -2.13. The van der Waals surface area contributed by atoms with Gasteiger partial charge in [0.15, 0.2) is 4.90 Å². The van der Waals surface area contributed by atoms with Gasteiger partial charge in [-0.1, -0.05) is 6.07 Å². The molecular formula is C17H19N3O2S. The largest absolute Gasteiger partial charge is 0.604 e. The minimum atomic E-state index is -1.41. The number of imidazole rings is 1. The summed E-state index contributed by atoms with van der Waals surface area (Å²) in [6.45, 7) is 6.33. The van der Waals surface area contributed by atoms with E-state index in [1.165, 1.54) is 0 Å². The number of rotatable bonds is 4. The van der Waals surface area contributed by atoms with Gasteiger partial charge in [-0.25, -0.2) is 0 Å². The van der Waals surface area contributed by atoms with Crippen molar-refractivity contribution in [3.05, 3.63) is 41.5 Å². The third-order valence-corrected chi connectivity index (χ3v) is 5.29. The Bertz CT molecular complexity index is 860. The van der Waals surface area contributed by atoms with Crippen molar-refractivity contribution in [2.75, 3.05) is 12.3 Å². The number of aromatic nitrogens is 2. The van der Waals surface area contributed by atoms with E-state index in [4.69, 9.17) is 10.5 Å². The number of nitrogens with one attached hydrogen (secondary N) is 1. The molecule has 3 rings (SSSR count). The number of hydrogen-bond donors (Lipinski definition) is 2. The Hall–Kier alpha value is -2.18. The quantitative estimate of drug-likeness (QED) is 0.568. The van der Waals surface area contributed by atoms with Crippen LogP contribution in [0.15, 0.2) is 40.4 Å². The van der Waals surface area contributed by atoms with Gasteiger partial charge in [0.25, 0.3) is 0 Å². The number of fused-ring (bicyclic) bond motifs is 1. The summed E-state index contributed by atoms with van der Waals surface area (Å²) in [6.07, 6.45) is 0. The summed E-state index contributed by atoms with van der Waals surface area (Å²) in [6, 6.07) is 9.31. The number of aromatic amines is 1. The van der Waals surface area contributed by atoms with Crippen LogP contribution in [0.5, 0.6) is 5.75 Å². The standard InChI is InChI=1S/C17H19N3O2S/c1-4-22-12-6-8-14-15(9-12)20-17(19-14)23(21)16-10(2)5-7-13(18)11(16)3/h5-9H,4,18H2,1-3H3,(H,19,20). The second-order valence-electron chi connectivity index (χ2n) is 5.35. The minimum absolute atomic E-state index is 0.422. The van der Waals surface area contributed by atoms with E-state index in [1.807, 2.05) is 51.1 Å². The summed E-state index contributed by atoms with van der Waals surface area (Å²) in [4.78, 5) is 8.31. The maximum atomic E-state index is 13.0. The molecule has 0 bridgehead atoms. The van der Waals surface area contributed by atoms with Gasteiger partial charge >= 0.3 is 5.16 Å². The second kappa shape index (κ2) is 6.14. The maximum absolute atomic E-state index is 13.0. The summed E-state index contributed by atoms with van der Waals surface area (Å²) in [5.41, 5.74) is 9.92. The highest BCUT2D eigenvalue weighted by Gasteiger charge is 2.25. The van der Waals surface area contributed by atoms with Crippen LogP contribution in [0, 0.1) is 13.8 Å². The van der Waals surface area contributed by atoms with Crippen LogP contribution < -0.4 is 10.5 Å². The summed E-state index contributed by atoms with van der Waals surface area (Å²) in [5.74, 6) is 0.750. The fourth-order valence-corrected chi connectivity index (χ4v) is 3.86. The predicted octanol–water partition coefficient (Wildman–Crippen LogP) is 3.33. The van der Waals surface area contributed by atoms with Crippen molar-refractivity contribution in [1.29, 1.82) is 0 Å². The molecule has 1 aromatic heterocycles. The molecule has 0 aliphatic carbocycles. The molecule has 23 heavy (non-hydrogen) atoms. The smallest absolute Gasteiger partial charge is 0.327 e. The van der Waals surface area contributed by atoms with Crippen LogP contribution in [0.25, 0.3) is 11.0 Å². The van der Waals surface area contributed by atoms with E-state index in [0.717, 1.165) is 27.9 Å². The number of nitrogen functional groups attached to an aromatic ring is 1. The molecule has 0 saturated carbocycles. The van der Waals surface area contributed by atoms with E-state index >= 15 is 0 Å². The molecule has 0 saturated heterocycles. The lowest BCUT2D eigenvalue weighted by Crippen LogP contribution is -2.09. The van der Waals surface area contributed by atoms with Gasteiger partial charge in [-0.2, -0.15) is 4.98 Å². The van der Waals surface area contributed by atoms with Crippen molar-refractivity contribution in [3.63, 3.8) is 0 Å². The normalized spacial score (nSPS) is 12.5. The molecule has 0 aliphatic heterocycles. The van der Waals surface area contributed by atoms with Crippen LogP contribution in [-0.2, 0) is 11.2 Å². The van der Waals surface area contributed by atoms with E-state index < -0.39 is 11.2 Å². The molecule has 0 radical (unpaired) electrons. The average Bonchev–Trinajstić information content (AvgIpc) is 2.95. The number of hydrogen-bond acceptors (Lipinski definition) is 4. The third-order valence-electron chi connectivity index (χ3n) is 3.75. The van der Waals surface area contributed by atoms with E-state index in [2.05, 4.69) is 9.97 Å². The third kappa shape index (κ3) is 2.87. The van der Waals surface area contributed by atoms with Gasteiger partial charge in [-0.15, -0.1) is 0 Å². The van der Waals surface area contributed by atoms with Gasteiger partial charge in [-0.05, 0) is 39.0 Å². The first kappa shape index (κ1) is 15.7. The Labute approximate surface area is 138 Å². The van der Waals surface area contributed by atoms with E-state index in [-0.39, 0.29) is 0 Å². The van der Waals surface area contributed by atoms with Crippen molar-refractivity contribution >= 4 is 27.9 Å². The van der Waals surface area contributed by atoms with E-state index in [9.17, 15) is 4.55 Å². The topological polar surface area (TPSA) is 87.0 Å². The molecule has 0 amide bonds. The average molecular weight is 329 g/mol. The zero-order chi connectivity index (χ0) is 16.6. The summed E-state index contributed by atoms with van der Waals surface area (Å²) in [5, 5.41) is 0.422. The van der Waals surface area contributed by atoms with Crippen molar-refractivity contribution < 1.29 is 9.29 Å². The lowest BCUT2D eigenvalue weighted by molar-refractivity contribution is 0.340. The fraction of sp³-hybridized carbons (Fsp3) is 0.235. The highest BCUT2D eigenvalue weighted by atomic mass is 32.2. The highest BCUT2D eigenvalue weighted by Crippen LogP contribution is 2.30. The number of aryl methyl sites for hydroxylation is 1. The lowest BCUT2D eigenvalue weighted by atomic mass is 10.1. The SMILES string of the molecule is CCOc1ccc2[nH]c([S+]([O-])c3c(C)ccc(N)c3C)nc2c1. The van der Waals surface area contributed by atoms with Crippen LogP contribution in [-0.4, -0.2) is 21.1 Å². The molecule has 1 atom stereocenters. The first-order chi connectivity index (χ1) is 11.0. The van der Waals surface area contributed by atoms with Gasteiger partial charge in [0, 0.05) is 22.9 Å². The summed E-state index contributed by atoms with van der Waals surface area (Å²) >= 11 is -1.41. The van der Waals surface area contributed by atoms with Gasteiger partial charge in [0.1, 0.15) is 5.75 Å². The Morgan fingerprint density at radius 2 is 2.04 bits per heavy atom. The van der Waals surface area contributed by atoms with Crippen molar-refractivity contribution in [2.24, 2.45) is 0 Å². The molecular weight excluding hydrogens is 310 g/mol. The fourth-order valence-electron chi connectivity index (χ4n) is 2.53. The number of anilines is 1. The first-order valence-corrected chi connectivity index (χ1v) is 8.56. The van der Waals surface area contributed by atoms with E-state index in [1.54, 1.807) is 0 Å². The zero-order valence-corrected chi connectivity index (χ0v) is 14.2. The van der Waals surface area contributed by atoms with Crippen LogP contribution in [0.2, 0.25) is 0 Å². The Morgan fingerprint density at radius 1 is 1.26 bits per heavy atom. The maximum Gasteiger partial charge on any atom is 0.327 e. The molecule has 3 N–H and O–H groups in total. The zero-order valence-electron chi connectivity index (χ0n) is 13.3. The number of ether oxygens (including phenoxy) is 1. The molecule has 0 spiro atoms. The summed E-state index contributed by atoms with van der Waals surface area (Å²) in [7, 11) is 0. The molecule has 6 heteroatoms. The van der Waals surface area contributed by atoms with Gasteiger partial charge in [-0.3, -0.25) is 4.98 Å². The highest BCUT2D eigenvalue weighted by molar-refractivity contribution is 7.91. The monoisotopic (exact) mass is 329 g/mol. The van der Waals surface area contributed by atoms with Crippen LogP contribution in [0.4, 0.5) is 5.69 Å². The molecule has 1 heterocycles. The second-order valence-corrected chi connectivity index (χ2v) is 6.68. The number of nitrogens with two attached hydrogens (primary N) is 1. The first-order valence-electron chi connectivity index (χ1n) is 7.41. The van der Waals surface area contributed by atoms with Crippen LogP contribution in [0.1, 0.15) is 18.1 Å². The Morgan fingerprint density at radius 3 is 2.78 bits per heavy atom. The Kier molecular flexibility index (Phi) is 4.19. The molecule has 5 nitrogen and oxygen atoms in total. The molecule has 2 aromatic carbocycles. The molecule has 1 unspecified atom stereocenters. The number of benzene rings is 2. The Balaban J connectivity index is 2.04. The van der Waals surface area contributed by atoms with Gasteiger partial charge in [0.05, 0.1) is 28.8 Å². The van der Waals surface area contributed by atoms with E-state index in [0.29, 0.717) is 22.3 Å². The van der Waals surface area contributed by atoms with Crippen molar-refractivity contribution in [3.8, 4) is 5.75 Å². The summed E-state index contributed by atoms with van der Waals surface area (Å²) < 4.78 is 18.4.